The molecule has 3 nitrogen and oxygen atoms in total. The Morgan fingerprint density at radius 3 is 2.71 bits per heavy atom. The van der Waals surface area contributed by atoms with Crippen molar-refractivity contribution in [2.24, 2.45) is 0 Å². The highest BCUT2D eigenvalue weighted by Crippen LogP contribution is 2.37. The van der Waals surface area contributed by atoms with E-state index in [1.54, 1.807) is 18.2 Å². The van der Waals surface area contributed by atoms with E-state index in [9.17, 15) is 13.6 Å². The largest absolute Gasteiger partial charge is 0.443 e. The van der Waals surface area contributed by atoms with Gasteiger partial charge in [-0.2, -0.15) is 0 Å². The molecule has 1 heterocycles. The molecule has 17 heavy (non-hydrogen) atoms. The van der Waals surface area contributed by atoms with Crippen molar-refractivity contribution < 1.29 is 18.3 Å². The van der Waals surface area contributed by atoms with Crippen molar-refractivity contribution in [3.05, 3.63) is 34.3 Å². The van der Waals surface area contributed by atoms with E-state index in [1.807, 2.05) is 0 Å². The van der Waals surface area contributed by atoms with Crippen LogP contribution < -0.4 is 5.32 Å². The molecular formula is C10H9BrClF2NO2. The Balaban J connectivity index is 0.00000144. The number of cyclic esters (lactones) is 1. The minimum atomic E-state index is -3.11. The van der Waals surface area contributed by atoms with E-state index >= 15 is 0 Å². The minimum Gasteiger partial charge on any atom is -0.443 e. The molecule has 0 radical (unpaired) electrons. The van der Waals surface area contributed by atoms with Gasteiger partial charge in [-0.3, -0.25) is 0 Å². The minimum absolute atomic E-state index is 0. The van der Waals surface area contributed by atoms with Crippen LogP contribution in [0.1, 0.15) is 11.6 Å². The maximum absolute atomic E-state index is 13.5. The van der Waals surface area contributed by atoms with Crippen LogP contribution in [-0.4, -0.2) is 18.6 Å². The third-order valence-electron chi connectivity index (χ3n) is 2.30. The third kappa shape index (κ3) is 2.87. The van der Waals surface area contributed by atoms with Crippen LogP contribution >= 0.6 is 28.3 Å². The second-order valence-electron chi connectivity index (χ2n) is 3.44. The Hall–Kier alpha value is -0.880. The molecule has 1 aliphatic rings. The number of alkyl carbamates (subject to hydrolysis) is 1. The maximum Gasteiger partial charge on any atom is 0.408 e. The Morgan fingerprint density at radius 1 is 1.41 bits per heavy atom. The summed E-state index contributed by atoms with van der Waals surface area (Å²) in [6.45, 7) is -0.898. The number of alkyl halides is 2. The predicted octanol–water partition coefficient (Wildman–Crippen LogP) is 3.29. The number of benzene rings is 1. The number of carbonyl (C=O) groups is 1. The molecule has 0 spiro atoms. The molecule has 1 atom stereocenters. The molecule has 0 saturated carbocycles. The fourth-order valence-corrected chi connectivity index (χ4v) is 2.04. The van der Waals surface area contributed by atoms with E-state index in [0.29, 0.717) is 10.0 Å². The number of nitrogens with one attached hydrogen (secondary N) is 1. The predicted molar refractivity (Wildman–Crippen MR) is 63.6 cm³/mol. The average Bonchev–Trinajstić information content (AvgIpc) is 2.23. The van der Waals surface area contributed by atoms with E-state index < -0.39 is 24.7 Å². The van der Waals surface area contributed by atoms with Crippen LogP contribution in [0.5, 0.6) is 0 Å². The Labute approximate surface area is 111 Å². The van der Waals surface area contributed by atoms with Crippen LogP contribution in [0, 0.1) is 0 Å². The second kappa shape index (κ2) is 5.18. The smallest absolute Gasteiger partial charge is 0.408 e. The van der Waals surface area contributed by atoms with Gasteiger partial charge in [0.15, 0.2) is 6.61 Å². The molecule has 0 aromatic heterocycles. The first-order valence-corrected chi connectivity index (χ1v) is 5.35. The lowest BCUT2D eigenvalue weighted by atomic mass is 10.0. The van der Waals surface area contributed by atoms with E-state index in [2.05, 4.69) is 26.0 Å². The van der Waals surface area contributed by atoms with Gasteiger partial charge in [0.1, 0.15) is 6.04 Å². The monoisotopic (exact) mass is 327 g/mol. The fraction of sp³-hybridized carbons (Fsp3) is 0.300. The fourth-order valence-electron chi connectivity index (χ4n) is 1.52. The highest BCUT2D eigenvalue weighted by atomic mass is 79.9. The molecule has 1 aliphatic heterocycles. The molecule has 2 rings (SSSR count). The van der Waals surface area contributed by atoms with E-state index in [0.717, 1.165) is 0 Å². The van der Waals surface area contributed by atoms with Gasteiger partial charge in [-0.15, -0.1) is 12.4 Å². The SMILES string of the molecule is Cl.O=C1N[C@H](c2ccccc2Br)C(F)(F)CO1. The molecule has 1 fully saturated rings. The first kappa shape index (κ1) is 14.2. The zero-order valence-electron chi connectivity index (χ0n) is 8.45. The van der Waals surface area contributed by atoms with Crippen molar-refractivity contribution in [2.45, 2.75) is 12.0 Å². The third-order valence-corrected chi connectivity index (χ3v) is 3.02. The van der Waals surface area contributed by atoms with Gasteiger partial charge in [0, 0.05) is 4.47 Å². The molecular weight excluding hydrogens is 319 g/mol. The number of carbonyl (C=O) groups excluding carboxylic acids is 1. The van der Waals surface area contributed by atoms with Gasteiger partial charge in [0.25, 0.3) is 0 Å². The van der Waals surface area contributed by atoms with Crippen LogP contribution in [0.3, 0.4) is 0 Å². The van der Waals surface area contributed by atoms with Crippen molar-refractivity contribution in [3.8, 4) is 0 Å². The summed E-state index contributed by atoms with van der Waals surface area (Å²) in [5.41, 5.74) is 0.337. The van der Waals surface area contributed by atoms with Crippen LogP contribution in [0.2, 0.25) is 0 Å². The number of amides is 1. The Kier molecular flexibility index (Phi) is 4.32. The summed E-state index contributed by atoms with van der Waals surface area (Å²) in [5.74, 6) is -3.11. The summed E-state index contributed by atoms with van der Waals surface area (Å²) < 4.78 is 31.9. The number of ether oxygens (including phenoxy) is 1. The number of rotatable bonds is 1. The van der Waals surface area contributed by atoms with Crippen molar-refractivity contribution in [2.75, 3.05) is 6.61 Å². The Morgan fingerprint density at radius 2 is 2.06 bits per heavy atom. The molecule has 1 aromatic carbocycles. The standard InChI is InChI=1S/C10H8BrF2NO2.ClH/c11-7-4-2-1-3-6(7)8-10(12,13)5-16-9(15)14-8;/h1-4,8H,5H2,(H,14,15);1H/t8-;/m1./s1. The van der Waals surface area contributed by atoms with Crippen molar-refractivity contribution >= 4 is 34.4 Å². The number of halogens is 4. The van der Waals surface area contributed by atoms with Crippen LogP contribution in [0.15, 0.2) is 28.7 Å². The van der Waals surface area contributed by atoms with E-state index in [-0.39, 0.29) is 12.4 Å². The van der Waals surface area contributed by atoms with Gasteiger partial charge in [-0.1, -0.05) is 34.1 Å². The van der Waals surface area contributed by atoms with Crippen molar-refractivity contribution in [1.29, 1.82) is 0 Å². The van der Waals surface area contributed by atoms with Gasteiger partial charge in [0.05, 0.1) is 0 Å². The zero-order chi connectivity index (χ0) is 11.8. The zero-order valence-corrected chi connectivity index (χ0v) is 10.9. The molecule has 1 amide bonds. The molecule has 1 aromatic rings. The lowest BCUT2D eigenvalue weighted by Gasteiger charge is -2.32. The molecule has 0 unspecified atom stereocenters. The van der Waals surface area contributed by atoms with Gasteiger partial charge < -0.3 is 10.1 Å². The molecule has 7 heteroatoms. The first-order chi connectivity index (χ1) is 7.50. The summed E-state index contributed by atoms with van der Waals surface area (Å²) in [4.78, 5) is 11.0. The highest BCUT2D eigenvalue weighted by molar-refractivity contribution is 9.10. The molecule has 0 bridgehead atoms. The summed E-state index contributed by atoms with van der Waals surface area (Å²) in [6, 6.07) is 5.18. The van der Waals surface area contributed by atoms with E-state index in [4.69, 9.17) is 0 Å². The van der Waals surface area contributed by atoms with Crippen molar-refractivity contribution in [3.63, 3.8) is 0 Å². The molecule has 94 valence electrons. The number of hydrogen-bond donors (Lipinski definition) is 1. The van der Waals surface area contributed by atoms with Gasteiger partial charge in [-0.05, 0) is 11.6 Å². The normalized spacial score (nSPS) is 22.1. The Bertz CT molecular complexity index is 431. The quantitative estimate of drug-likeness (QED) is 0.859. The molecule has 1 N–H and O–H groups in total. The lowest BCUT2D eigenvalue weighted by molar-refractivity contribution is -0.104. The first-order valence-electron chi connectivity index (χ1n) is 4.56. The maximum atomic E-state index is 13.5. The highest BCUT2D eigenvalue weighted by Gasteiger charge is 2.47. The van der Waals surface area contributed by atoms with Crippen LogP contribution in [-0.2, 0) is 4.74 Å². The summed E-state index contributed by atoms with van der Waals surface area (Å²) in [5, 5.41) is 2.12. The summed E-state index contributed by atoms with van der Waals surface area (Å²) in [6.07, 6.45) is -0.827. The van der Waals surface area contributed by atoms with Gasteiger partial charge in [-0.25, -0.2) is 13.6 Å². The van der Waals surface area contributed by atoms with Gasteiger partial charge in [0.2, 0.25) is 0 Å². The molecule has 1 saturated heterocycles. The molecule has 0 aliphatic carbocycles. The van der Waals surface area contributed by atoms with Crippen molar-refractivity contribution in [1.82, 2.24) is 5.32 Å². The second-order valence-corrected chi connectivity index (χ2v) is 4.29. The summed E-state index contributed by atoms with van der Waals surface area (Å²) in [7, 11) is 0. The lowest BCUT2D eigenvalue weighted by Crippen LogP contribution is -2.49. The van der Waals surface area contributed by atoms with Gasteiger partial charge >= 0.3 is 12.0 Å². The topological polar surface area (TPSA) is 38.3 Å². The average molecular weight is 329 g/mol. The summed E-state index contributed by atoms with van der Waals surface area (Å²) >= 11 is 3.18. The van der Waals surface area contributed by atoms with Crippen LogP contribution in [0.25, 0.3) is 0 Å². The number of hydrogen-bond acceptors (Lipinski definition) is 2. The van der Waals surface area contributed by atoms with Crippen LogP contribution in [0.4, 0.5) is 13.6 Å². The van der Waals surface area contributed by atoms with E-state index in [1.165, 1.54) is 6.07 Å².